The quantitative estimate of drug-likeness (QED) is 0.824. The van der Waals surface area contributed by atoms with Crippen molar-refractivity contribution in [3.05, 3.63) is 17.0 Å². The third kappa shape index (κ3) is 5.23. The molecule has 0 radical (unpaired) electrons. The minimum atomic E-state index is -0.542. The second kappa shape index (κ2) is 7.90. The van der Waals surface area contributed by atoms with E-state index in [0.717, 1.165) is 42.6 Å². The Balaban J connectivity index is 2.06. The molecule has 0 spiro atoms. The number of alkyl carbamates (subject to hydrolysis) is 1. The summed E-state index contributed by atoms with van der Waals surface area (Å²) >= 11 is 0. The van der Waals surface area contributed by atoms with E-state index in [-0.39, 0.29) is 11.8 Å². The molecule has 1 aliphatic rings. The van der Waals surface area contributed by atoms with Gasteiger partial charge in [-0.1, -0.05) is 12.8 Å². The fourth-order valence-electron chi connectivity index (χ4n) is 3.87. The van der Waals surface area contributed by atoms with E-state index in [0.29, 0.717) is 6.54 Å². The number of carbonyl (C=O) groups is 2. The van der Waals surface area contributed by atoms with Gasteiger partial charge in [0.05, 0.1) is 17.2 Å². The van der Waals surface area contributed by atoms with E-state index in [1.54, 1.807) is 0 Å². The number of aromatic nitrogens is 2. The molecular weight excluding hydrogens is 344 g/mol. The fourth-order valence-corrected chi connectivity index (χ4v) is 3.87. The van der Waals surface area contributed by atoms with Crippen molar-refractivity contribution < 1.29 is 14.3 Å². The van der Waals surface area contributed by atoms with Gasteiger partial charge in [-0.3, -0.25) is 9.48 Å². The van der Waals surface area contributed by atoms with Crippen LogP contribution >= 0.6 is 0 Å². The number of hydrogen-bond donors (Lipinski definition) is 2. The second-order valence-corrected chi connectivity index (χ2v) is 8.76. The molecule has 7 nitrogen and oxygen atoms in total. The van der Waals surface area contributed by atoms with Crippen LogP contribution in [0.1, 0.15) is 76.2 Å². The Bertz CT molecular complexity index is 697. The van der Waals surface area contributed by atoms with Gasteiger partial charge in [0.1, 0.15) is 5.60 Å². The van der Waals surface area contributed by atoms with Crippen LogP contribution in [0.5, 0.6) is 0 Å². The summed E-state index contributed by atoms with van der Waals surface area (Å²) in [6.45, 7) is 11.7. The van der Waals surface area contributed by atoms with Crippen LogP contribution in [0, 0.1) is 13.8 Å². The average molecular weight is 379 g/mol. The van der Waals surface area contributed by atoms with Crippen molar-refractivity contribution in [3.63, 3.8) is 0 Å². The highest BCUT2D eigenvalue weighted by atomic mass is 16.6. The average Bonchev–Trinajstić information content (AvgIpc) is 3.09. The maximum atomic E-state index is 13.0. The van der Waals surface area contributed by atoms with Crippen LogP contribution in [0.2, 0.25) is 0 Å². The van der Waals surface area contributed by atoms with Crippen molar-refractivity contribution in [2.24, 2.45) is 7.05 Å². The van der Waals surface area contributed by atoms with Crippen LogP contribution in [-0.2, 0) is 16.6 Å². The predicted octanol–water partition coefficient (Wildman–Crippen LogP) is 3.09. The van der Waals surface area contributed by atoms with Crippen molar-refractivity contribution in [2.75, 3.05) is 6.54 Å². The first-order chi connectivity index (χ1) is 12.4. The highest BCUT2D eigenvalue weighted by Gasteiger charge is 2.37. The van der Waals surface area contributed by atoms with Gasteiger partial charge in [0.15, 0.2) is 0 Å². The van der Waals surface area contributed by atoms with Crippen LogP contribution in [0.4, 0.5) is 4.79 Å². The largest absolute Gasteiger partial charge is 0.444 e. The Morgan fingerprint density at radius 2 is 1.85 bits per heavy atom. The van der Waals surface area contributed by atoms with Crippen molar-refractivity contribution >= 4 is 12.0 Å². The Labute approximate surface area is 162 Å². The fraction of sp³-hybridized carbons (Fsp3) is 0.750. The first kappa shape index (κ1) is 21.3. The Morgan fingerprint density at radius 1 is 1.26 bits per heavy atom. The summed E-state index contributed by atoms with van der Waals surface area (Å²) in [5.41, 5.74) is 1.91. The molecule has 0 aromatic carbocycles. The van der Waals surface area contributed by atoms with E-state index in [4.69, 9.17) is 4.74 Å². The van der Waals surface area contributed by atoms with Gasteiger partial charge >= 0.3 is 6.09 Å². The smallest absolute Gasteiger partial charge is 0.407 e. The van der Waals surface area contributed by atoms with E-state index >= 15 is 0 Å². The molecule has 1 unspecified atom stereocenters. The zero-order valence-corrected chi connectivity index (χ0v) is 17.7. The maximum Gasteiger partial charge on any atom is 0.407 e. The molecule has 0 bridgehead atoms. The summed E-state index contributed by atoms with van der Waals surface area (Å²) in [6.07, 6.45) is 3.33. The van der Waals surface area contributed by atoms with Gasteiger partial charge in [0, 0.05) is 24.8 Å². The van der Waals surface area contributed by atoms with Gasteiger partial charge in [0.25, 0.3) is 0 Å². The molecule has 1 atom stereocenters. The number of rotatable bonds is 5. The maximum absolute atomic E-state index is 13.0. The van der Waals surface area contributed by atoms with Crippen LogP contribution in [-0.4, -0.2) is 39.5 Å². The van der Waals surface area contributed by atoms with E-state index in [1.807, 2.05) is 53.3 Å². The van der Waals surface area contributed by atoms with E-state index in [2.05, 4.69) is 15.7 Å². The molecule has 2 amide bonds. The molecule has 0 aliphatic heterocycles. The lowest BCUT2D eigenvalue weighted by atomic mass is 9.93. The van der Waals surface area contributed by atoms with Crippen LogP contribution < -0.4 is 10.6 Å². The Hall–Kier alpha value is -2.05. The van der Waals surface area contributed by atoms with Crippen molar-refractivity contribution in [1.29, 1.82) is 0 Å². The first-order valence-electron chi connectivity index (χ1n) is 9.73. The molecule has 152 valence electrons. The summed E-state index contributed by atoms with van der Waals surface area (Å²) in [5.74, 6) is -0.320. The zero-order valence-electron chi connectivity index (χ0n) is 17.7. The molecule has 1 fully saturated rings. The normalized spacial score (nSPS) is 17.4. The summed E-state index contributed by atoms with van der Waals surface area (Å²) in [5, 5.41) is 10.5. The molecule has 1 aromatic rings. The molecule has 0 saturated heterocycles. The summed E-state index contributed by atoms with van der Waals surface area (Å²) < 4.78 is 7.13. The molecule has 2 N–H and O–H groups in total. The van der Waals surface area contributed by atoms with Crippen molar-refractivity contribution in [1.82, 2.24) is 20.4 Å². The summed E-state index contributed by atoms with van der Waals surface area (Å²) in [6, 6.07) is 0. The molecule has 1 aliphatic carbocycles. The van der Waals surface area contributed by atoms with Gasteiger partial charge in [-0.2, -0.15) is 5.10 Å². The van der Waals surface area contributed by atoms with Gasteiger partial charge in [0.2, 0.25) is 5.91 Å². The standard InChI is InChI=1S/C20H34N4O3/c1-13(16-14(2)23-24(7)15(16)3)17(25)22-20(10-8-9-11-20)12-21-18(26)27-19(4,5)6/h13H,8-12H2,1-7H3,(H,21,26)(H,22,25). The molecule has 2 rings (SSSR count). The van der Waals surface area contributed by atoms with Crippen molar-refractivity contribution in [2.45, 2.75) is 84.3 Å². The Kier molecular flexibility index (Phi) is 6.22. The lowest BCUT2D eigenvalue weighted by Crippen LogP contribution is -2.55. The molecular formula is C20H34N4O3. The number of ether oxygens (including phenoxy) is 1. The third-order valence-electron chi connectivity index (χ3n) is 5.31. The lowest BCUT2D eigenvalue weighted by molar-refractivity contribution is -0.124. The molecule has 1 saturated carbocycles. The van der Waals surface area contributed by atoms with Gasteiger partial charge in [-0.15, -0.1) is 0 Å². The zero-order chi connectivity index (χ0) is 20.4. The lowest BCUT2D eigenvalue weighted by Gasteiger charge is -2.32. The molecule has 27 heavy (non-hydrogen) atoms. The summed E-state index contributed by atoms with van der Waals surface area (Å²) in [4.78, 5) is 25.0. The molecule has 1 aromatic heterocycles. The van der Waals surface area contributed by atoms with E-state index in [9.17, 15) is 9.59 Å². The van der Waals surface area contributed by atoms with Gasteiger partial charge in [-0.25, -0.2) is 4.79 Å². The summed E-state index contributed by atoms with van der Waals surface area (Å²) in [7, 11) is 1.89. The number of aryl methyl sites for hydroxylation is 2. The van der Waals surface area contributed by atoms with Gasteiger partial charge in [-0.05, 0) is 54.4 Å². The van der Waals surface area contributed by atoms with Gasteiger partial charge < -0.3 is 15.4 Å². The molecule has 1 heterocycles. The second-order valence-electron chi connectivity index (χ2n) is 8.76. The highest BCUT2D eigenvalue weighted by Crippen LogP contribution is 2.31. The number of nitrogens with zero attached hydrogens (tertiary/aromatic N) is 2. The third-order valence-corrected chi connectivity index (χ3v) is 5.31. The number of nitrogens with one attached hydrogen (secondary N) is 2. The van der Waals surface area contributed by atoms with E-state index < -0.39 is 17.2 Å². The number of hydrogen-bond acceptors (Lipinski definition) is 4. The van der Waals surface area contributed by atoms with Crippen molar-refractivity contribution in [3.8, 4) is 0 Å². The number of carbonyl (C=O) groups excluding carboxylic acids is 2. The van der Waals surface area contributed by atoms with Crippen LogP contribution in [0.3, 0.4) is 0 Å². The minimum absolute atomic E-state index is 0.0258. The number of amides is 2. The van der Waals surface area contributed by atoms with E-state index in [1.165, 1.54) is 0 Å². The predicted molar refractivity (Wildman–Crippen MR) is 105 cm³/mol. The first-order valence-corrected chi connectivity index (χ1v) is 9.73. The monoisotopic (exact) mass is 378 g/mol. The van der Waals surface area contributed by atoms with Crippen LogP contribution in [0.15, 0.2) is 0 Å². The highest BCUT2D eigenvalue weighted by molar-refractivity contribution is 5.84. The minimum Gasteiger partial charge on any atom is -0.444 e. The molecule has 7 heteroatoms. The van der Waals surface area contributed by atoms with Crippen LogP contribution in [0.25, 0.3) is 0 Å². The Morgan fingerprint density at radius 3 is 2.33 bits per heavy atom. The topological polar surface area (TPSA) is 85.3 Å². The SMILES string of the molecule is Cc1nn(C)c(C)c1C(C)C(=O)NC1(CNC(=O)OC(C)(C)C)CCCC1.